The maximum absolute atomic E-state index is 3.36. The molecule has 0 aromatic carbocycles. The van der Waals surface area contributed by atoms with E-state index in [1.165, 1.54) is 0 Å². The maximum atomic E-state index is 3.36. The van der Waals surface area contributed by atoms with Crippen molar-refractivity contribution in [2.24, 2.45) is 4.99 Å². The topological polar surface area (TPSA) is 12.4 Å². The molecule has 0 bridgehead atoms. The largest absolute Gasteiger partial charge is 0.304 e. The molecule has 0 aromatic heterocycles. The first-order valence-electron chi connectivity index (χ1n) is 2.25. The molecule has 0 saturated heterocycles. The molecule has 0 saturated carbocycles. The Morgan fingerprint density at radius 3 is 1.38 bits per heavy atom. The molecule has 0 spiro atoms. The zero-order valence-corrected chi connectivity index (χ0v) is 5.85. The van der Waals surface area contributed by atoms with Gasteiger partial charge >= 0.3 is 0 Å². The molecule has 48 valence electrons. The van der Waals surface area contributed by atoms with Crippen molar-refractivity contribution in [3.05, 3.63) is 25.8 Å². The minimum Gasteiger partial charge on any atom is -0.304 e. The van der Waals surface area contributed by atoms with Crippen LogP contribution in [0.3, 0.4) is 0 Å². The van der Waals surface area contributed by atoms with Crippen molar-refractivity contribution < 1.29 is 0 Å². The molecule has 0 fully saturated rings. The molecular formula is C7H15N. The van der Waals surface area contributed by atoms with Crippen LogP contribution in [0.2, 0.25) is 0 Å². The van der Waals surface area contributed by atoms with E-state index in [1.54, 1.807) is 13.1 Å². The minimum atomic E-state index is 1.64. The molecule has 1 nitrogen and oxygen atoms in total. The standard InChI is InChI=1S/C3H6.C2H5N.C2H4/c2*1-3-2;1-2/h3H,1H2,2H3;1H2,2H3;1-2H2. The minimum absolute atomic E-state index is 1.64. The second-order valence-corrected chi connectivity index (χ2v) is 0.724. The van der Waals surface area contributed by atoms with Crippen molar-refractivity contribution in [3.8, 4) is 0 Å². The molecule has 0 rings (SSSR count). The monoisotopic (exact) mass is 113 g/mol. The summed E-state index contributed by atoms with van der Waals surface area (Å²) in [7, 11) is 1.64. The maximum Gasteiger partial charge on any atom is 0.0269 e. The smallest absolute Gasteiger partial charge is 0.0269 e. The first kappa shape index (κ1) is 15.7. The van der Waals surface area contributed by atoms with E-state index in [9.17, 15) is 0 Å². The van der Waals surface area contributed by atoms with Crippen molar-refractivity contribution in [1.82, 2.24) is 0 Å². The van der Waals surface area contributed by atoms with Crippen LogP contribution in [0.1, 0.15) is 6.92 Å². The van der Waals surface area contributed by atoms with Gasteiger partial charge in [-0.25, -0.2) is 0 Å². The van der Waals surface area contributed by atoms with E-state index in [2.05, 4.69) is 31.4 Å². The second-order valence-electron chi connectivity index (χ2n) is 0.724. The molecule has 0 aliphatic heterocycles. The van der Waals surface area contributed by atoms with E-state index in [0.29, 0.717) is 0 Å². The first-order valence-corrected chi connectivity index (χ1v) is 2.25. The number of rotatable bonds is 0. The van der Waals surface area contributed by atoms with Gasteiger partial charge in [-0.3, -0.25) is 0 Å². The fourth-order valence-electron chi connectivity index (χ4n) is 0. The van der Waals surface area contributed by atoms with Gasteiger partial charge in [0.15, 0.2) is 0 Å². The number of aliphatic imine (C=N–C) groups is 1. The van der Waals surface area contributed by atoms with Crippen molar-refractivity contribution in [3.63, 3.8) is 0 Å². The first-order chi connectivity index (χ1) is 3.83. The second kappa shape index (κ2) is 123. The highest BCUT2D eigenvalue weighted by atomic mass is 14.6. The van der Waals surface area contributed by atoms with Crippen LogP contribution < -0.4 is 0 Å². The summed E-state index contributed by atoms with van der Waals surface area (Å²) in [5.74, 6) is 0. The lowest BCUT2D eigenvalue weighted by Crippen LogP contribution is -1.26. The molecular weight excluding hydrogens is 98.1 g/mol. The summed E-state index contributed by atoms with van der Waals surface area (Å²) in [6.07, 6.45) is 1.75. The quantitative estimate of drug-likeness (QED) is 0.337. The summed E-state index contributed by atoms with van der Waals surface area (Å²) >= 11 is 0. The molecule has 0 N–H and O–H groups in total. The summed E-state index contributed by atoms with van der Waals surface area (Å²) in [6, 6.07) is 0. The van der Waals surface area contributed by atoms with Gasteiger partial charge in [-0.05, 0) is 13.6 Å². The average Bonchev–Trinajstić information content (AvgIpc) is 1.75. The van der Waals surface area contributed by atoms with Crippen LogP contribution in [-0.2, 0) is 0 Å². The van der Waals surface area contributed by atoms with Gasteiger partial charge < -0.3 is 4.99 Å². The Balaban J connectivity index is -0.0000000483. The highest BCUT2D eigenvalue weighted by Gasteiger charge is 1.15. The van der Waals surface area contributed by atoms with Crippen molar-refractivity contribution in [2.75, 3.05) is 7.05 Å². The zero-order valence-electron chi connectivity index (χ0n) is 5.85. The van der Waals surface area contributed by atoms with Crippen molar-refractivity contribution in [2.45, 2.75) is 6.92 Å². The van der Waals surface area contributed by atoms with Gasteiger partial charge in [0.05, 0.1) is 0 Å². The van der Waals surface area contributed by atoms with Crippen molar-refractivity contribution >= 4 is 6.72 Å². The Morgan fingerprint density at radius 2 is 1.38 bits per heavy atom. The lowest BCUT2D eigenvalue weighted by atomic mass is 10.8. The van der Waals surface area contributed by atoms with Crippen LogP contribution in [-0.4, -0.2) is 13.8 Å². The fourth-order valence-corrected chi connectivity index (χ4v) is 0. The molecule has 0 atom stereocenters. The molecule has 1 heteroatoms. The Bertz CT molecular complexity index is 33.7. The number of hydrogen-bond donors (Lipinski definition) is 0. The Hall–Kier alpha value is -0.850. The van der Waals surface area contributed by atoms with Crippen LogP contribution in [0.15, 0.2) is 30.8 Å². The molecule has 0 aliphatic rings. The van der Waals surface area contributed by atoms with Crippen LogP contribution in [0.25, 0.3) is 0 Å². The van der Waals surface area contributed by atoms with Gasteiger partial charge in [-0.1, -0.05) is 6.08 Å². The molecule has 0 aromatic rings. The molecule has 0 unspecified atom stereocenters. The number of allylic oxidation sites excluding steroid dienone is 1. The van der Waals surface area contributed by atoms with E-state index in [4.69, 9.17) is 0 Å². The molecule has 0 aliphatic carbocycles. The van der Waals surface area contributed by atoms with Crippen molar-refractivity contribution in [1.29, 1.82) is 0 Å². The lowest BCUT2D eigenvalue weighted by molar-refractivity contribution is 1.49. The number of nitrogens with zero attached hydrogens (tertiary/aromatic N) is 1. The normalized spacial score (nSPS) is 3.75. The van der Waals surface area contributed by atoms with E-state index in [1.807, 2.05) is 6.92 Å². The van der Waals surface area contributed by atoms with E-state index >= 15 is 0 Å². The summed E-state index contributed by atoms with van der Waals surface area (Å²) in [5.41, 5.74) is 0. The van der Waals surface area contributed by atoms with Gasteiger partial charge in [0.1, 0.15) is 0 Å². The Kier molecular flexibility index (Phi) is 242. The summed E-state index contributed by atoms with van der Waals surface area (Å²) < 4.78 is 0. The van der Waals surface area contributed by atoms with Gasteiger partial charge in [-0.15, -0.1) is 19.7 Å². The van der Waals surface area contributed by atoms with Gasteiger partial charge in [0.25, 0.3) is 0 Å². The molecule has 0 amide bonds. The van der Waals surface area contributed by atoms with E-state index in [-0.39, 0.29) is 0 Å². The third-order valence-electron chi connectivity index (χ3n) is 0. The van der Waals surface area contributed by atoms with Gasteiger partial charge in [-0.2, -0.15) is 0 Å². The third kappa shape index (κ3) is 123. The van der Waals surface area contributed by atoms with E-state index in [0.717, 1.165) is 0 Å². The summed E-state index contributed by atoms with van der Waals surface area (Å²) in [4.78, 5) is 3.25. The van der Waals surface area contributed by atoms with Gasteiger partial charge in [0.2, 0.25) is 0 Å². The molecule has 0 heterocycles. The number of hydrogen-bond acceptors (Lipinski definition) is 1. The predicted molar refractivity (Wildman–Crippen MR) is 42.6 cm³/mol. The fraction of sp³-hybridized carbons (Fsp3) is 0.286. The van der Waals surface area contributed by atoms with Crippen LogP contribution in [0.4, 0.5) is 0 Å². The SMILES string of the molecule is C=C.C=CC.C=NC. The Morgan fingerprint density at radius 1 is 1.38 bits per heavy atom. The Labute approximate surface area is 52.5 Å². The third-order valence-corrected chi connectivity index (χ3v) is 0. The van der Waals surface area contributed by atoms with E-state index < -0.39 is 0 Å². The van der Waals surface area contributed by atoms with Crippen LogP contribution in [0.5, 0.6) is 0 Å². The van der Waals surface area contributed by atoms with Crippen LogP contribution >= 0.6 is 0 Å². The lowest BCUT2D eigenvalue weighted by Gasteiger charge is -1.38. The van der Waals surface area contributed by atoms with Crippen LogP contribution in [0, 0.1) is 0 Å². The highest BCUT2D eigenvalue weighted by molar-refractivity contribution is 5.22. The molecule has 8 heavy (non-hydrogen) atoms. The predicted octanol–water partition coefficient (Wildman–Crippen LogP) is 2.31. The summed E-state index contributed by atoms with van der Waals surface area (Å²) in [5, 5.41) is 0. The van der Waals surface area contributed by atoms with Gasteiger partial charge in [0, 0.05) is 7.05 Å². The highest BCUT2D eigenvalue weighted by Crippen LogP contribution is 1.38. The molecule has 0 radical (unpaired) electrons. The average molecular weight is 113 g/mol. The summed E-state index contributed by atoms with van der Waals surface area (Å²) in [6.45, 7) is 14.4. The zero-order chi connectivity index (χ0) is 7.41.